The van der Waals surface area contributed by atoms with E-state index >= 15 is 0 Å². The molecule has 6 aliphatic rings. The molecule has 3 fully saturated rings. The maximum atomic E-state index is 12.9. The first-order valence-electron chi connectivity index (χ1n) is 20.9. The van der Waals surface area contributed by atoms with Crippen molar-refractivity contribution in [1.29, 1.82) is 0 Å². The molecule has 11 heteroatoms. The average molecular weight is 793 g/mol. The van der Waals surface area contributed by atoms with E-state index in [0.29, 0.717) is 25.7 Å². The number of rotatable bonds is 7. The third kappa shape index (κ3) is 14.1. The molecule has 0 aromatic carbocycles. The van der Waals surface area contributed by atoms with Crippen molar-refractivity contribution in [3.05, 3.63) is 96.7 Å². The fourth-order valence-electron chi connectivity index (χ4n) is 8.17. The minimum atomic E-state index is -1.18. The summed E-state index contributed by atoms with van der Waals surface area (Å²) in [5.41, 5.74) is 0.946. The van der Waals surface area contributed by atoms with Gasteiger partial charge in [0.1, 0.15) is 24.4 Å². The molecule has 314 valence electrons. The summed E-state index contributed by atoms with van der Waals surface area (Å²) in [7, 11) is 0. The molecule has 6 heterocycles. The minimum Gasteiger partial charge on any atom is -0.481 e. The Morgan fingerprint density at radius 1 is 0.789 bits per heavy atom. The Labute approximate surface area is 338 Å². The first-order chi connectivity index (χ1) is 27.5. The van der Waals surface area contributed by atoms with Gasteiger partial charge in [0, 0.05) is 37.7 Å². The van der Waals surface area contributed by atoms with Crippen molar-refractivity contribution in [1.82, 2.24) is 0 Å². The van der Waals surface area contributed by atoms with E-state index in [1.54, 1.807) is 18.2 Å². The van der Waals surface area contributed by atoms with Crippen LogP contribution < -0.4 is 0 Å². The minimum absolute atomic E-state index is 0.0783. The monoisotopic (exact) mass is 792 g/mol. The van der Waals surface area contributed by atoms with E-state index in [1.165, 1.54) is 6.08 Å². The zero-order valence-electron chi connectivity index (χ0n) is 33.7. The van der Waals surface area contributed by atoms with Gasteiger partial charge in [0.15, 0.2) is 6.10 Å². The molecule has 0 aliphatic carbocycles. The smallest absolute Gasteiger partial charge is 0.331 e. The molecule has 14 atom stereocenters. The van der Waals surface area contributed by atoms with Gasteiger partial charge in [0.2, 0.25) is 0 Å². The molecule has 4 N–H and O–H groups in total. The Bertz CT molecular complexity index is 1540. The van der Waals surface area contributed by atoms with E-state index in [4.69, 9.17) is 28.8 Å². The number of carbonyl (C=O) groups excluding carboxylic acids is 1. The van der Waals surface area contributed by atoms with Crippen LogP contribution in [0.2, 0.25) is 0 Å². The van der Waals surface area contributed by atoms with Crippen molar-refractivity contribution in [2.24, 2.45) is 11.8 Å². The highest BCUT2D eigenvalue weighted by Crippen LogP contribution is 2.35. The zero-order valence-corrected chi connectivity index (χ0v) is 33.7. The SMILES string of the molecule is C/C(=C\[C@H](C)CCCCC(=O)O)C1OC2C=CC1OC(=O)\C=C/C=C\C=C\[C@H]1OC3CC1O[C@@H](/C=C/C[C@H]1O[C@H](C[C@H](O)[C@H]1C)[C@@H](O)[C@@H](O)/C=C/CC/C=C/C2)C3. The van der Waals surface area contributed by atoms with Crippen molar-refractivity contribution in [3.63, 3.8) is 0 Å². The van der Waals surface area contributed by atoms with Gasteiger partial charge in [-0.15, -0.1) is 0 Å². The Kier molecular flexibility index (Phi) is 17.8. The first-order valence-corrected chi connectivity index (χ1v) is 20.9. The largest absolute Gasteiger partial charge is 0.481 e. The molecule has 3 saturated heterocycles. The van der Waals surface area contributed by atoms with Crippen LogP contribution in [0.25, 0.3) is 0 Å². The Hall–Kier alpha value is -3.42. The fourth-order valence-corrected chi connectivity index (χ4v) is 8.17. The lowest BCUT2D eigenvalue weighted by Crippen LogP contribution is -2.50. The number of aliphatic carboxylic acids is 1. The van der Waals surface area contributed by atoms with Crippen molar-refractivity contribution >= 4 is 11.9 Å². The van der Waals surface area contributed by atoms with E-state index in [2.05, 4.69) is 19.1 Å². The van der Waals surface area contributed by atoms with Crippen molar-refractivity contribution in [2.45, 2.75) is 165 Å². The van der Waals surface area contributed by atoms with Gasteiger partial charge in [-0.3, -0.25) is 4.79 Å². The van der Waals surface area contributed by atoms with Crippen LogP contribution in [0.5, 0.6) is 0 Å². The number of ether oxygens (including phenoxy) is 5. The molecule has 0 radical (unpaired) electrons. The molecule has 0 saturated carbocycles. The predicted molar refractivity (Wildman–Crippen MR) is 217 cm³/mol. The number of aliphatic hydroxyl groups excluding tert-OH is 3. The highest BCUT2D eigenvalue weighted by Gasteiger charge is 2.42. The molecule has 0 aromatic heterocycles. The van der Waals surface area contributed by atoms with Gasteiger partial charge in [-0.25, -0.2) is 4.79 Å². The predicted octanol–water partition coefficient (Wildman–Crippen LogP) is 6.55. The maximum absolute atomic E-state index is 12.9. The molecular formula is C46H64O11. The van der Waals surface area contributed by atoms with Crippen LogP contribution in [-0.4, -0.2) is 106 Å². The summed E-state index contributed by atoms with van der Waals surface area (Å²) in [6.45, 7) is 6.02. The van der Waals surface area contributed by atoms with Gasteiger partial charge in [-0.2, -0.15) is 0 Å². The van der Waals surface area contributed by atoms with Crippen molar-refractivity contribution in [2.75, 3.05) is 0 Å². The molecular weight excluding hydrogens is 728 g/mol. The number of carboxylic acids is 1. The highest BCUT2D eigenvalue weighted by atomic mass is 16.6. The van der Waals surface area contributed by atoms with Gasteiger partial charge in [0.05, 0.1) is 42.7 Å². The maximum Gasteiger partial charge on any atom is 0.331 e. The van der Waals surface area contributed by atoms with E-state index in [-0.39, 0.29) is 61.3 Å². The van der Waals surface area contributed by atoms with Crippen LogP contribution >= 0.6 is 0 Å². The molecule has 5 unspecified atom stereocenters. The fraction of sp³-hybridized carbons (Fsp3) is 0.609. The van der Waals surface area contributed by atoms with Crippen molar-refractivity contribution in [3.8, 4) is 0 Å². The van der Waals surface area contributed by atoms with E-state index in [9.17, 15) is 24.9 Å². The standard InChI is InChI=1S/C46H64O11/c1-30(16-13-14-22-43(49)50)26-31(2)46-40-25-24-33(55-46)17-9-5-4-6-10-19-36(47)45(52)42-29-37(48)32(3)38(56-42)21-15-18-34-27-35-28-41(53-34)39(54-35)20-11-7-8-12-23-44(51)57-40/h5,7-12,15,18-20,23-26,30,32-42,45-48,52H,4,6,13-14,16-17,21-22,27-29H2,1-3H3,(H,49,50)/b8-7-,9-5+,18-15+,19-10+,20-11+,23-12-,31-26+/t30-,32-,33?,34+,35?,36+,37+,38-,39-,40?,41?,42-,45+,46?/m1/s1. The number of aliphatic hydroxyl groups is 3. The van der Waals surface area contributed by atoms with Crippen LogP contribution in [0.15, 0.2) is 96.7 Å². The molecule has 0 spiro atoms. The van der Waals surface area contributed by atoms with Crippen LogP contribution in [-0.2, 0) is 33.3 Å². The van der Waals surface area contributed by atoms with Gasteiger partial charge in [-0.05, 0) is 63.0 Å². The summed E-state index contributed by atoms with van der Waals surface area (Å²) < 4.78 is 31.3. The van der Waals surface area contributed by atoms with Crippen LogP contribution in [0.4, 0.5) is 0 Å². The van der Waals surface area contributed by atoms with Crippen LogP contribution in [0.3, 0.4) is 0 Å². The lowest BCUT2D eigenvalue weighted by Gasteiger charge is -2.40. The Balaban J connectivity index is 1.27. The third-order valence-electron chi connectivity index (χ3n) is 11.4. The number of carboxylic acid groups (broad SMARTS) is 1. The summed E-state index contributed by atoms with van der Waals surface area (Å²) in [6, 6.07) is 0. The quantitative estimate of drug-likeness (QED) is 0.126. The number of carbonyl (C=O) groups is 2. The number of fused-ring (bicyclic) bond motifs is 13. The second kappa shape index (κ2) is 22.7. The van der Waals surface area contributed by atoms with E-state index < -0.39 is 48.6 Å². The topological polar surface area (TPSA) is 161 Å². The van der Waals surface area contributed by atoms with Crippen LogP contribution in [0.1, 0.15) is 91.4 Å². The molecule has 11 nitrogen and oxygen atoms in total. The van der Waals surface area contributed by atoms with Gasteiger partial charge in [-0.1, -0.05) is 99.3 Å². The average Bonchev–Trinajstić information content (AvgIpc) is 3.47. The summed E-state index contributed by atoms with van der Waals surface area (Å²) in [4.78, 5) is 23.9. The van der Waals surface area contributed by atoms with Gasteiger partial charge >= 0.3 is 11.9 Å². The summed E-state index contributed by atoms with van der Waals surface area (Å²) >= 11 is 0. The normalized spacial score (nSPS) is 40.9. The number of esters is 1. The van der Waals surface area contributed by atoms with E-state index in [0.717, 1.165) is 37.7 Å². The highest BCUT2D eigenvalue weighted by molar-refractivity contribution is 5.82. The lowest BCUT2D eigenvalue weighted by atomic mass is 9.86. The summed E-state index contributed by atoms with van der Waals surface area (Å²) in [6.07, 6.45) is 29.2. The molecule has 0 amide bonds. The molecule has 7 bridgehead atoms. The molecule has 6 aliphatic heterocycles. The van der Waals surface area contributed by atoms with Crippen molar-refractivity contribution < 1.29 is 53.7 Å². The van der Waals surface area contributed by atoms with E-state index in [1.807, 2.05) is 68.5 Å². The Morgan fingerprint density at radius 2 is 1.60 bits per heavy atom. The number of hydrogen-bond donors (Lipinski definition) is 4. The molecule has 57 heavy (non-hydrogen) atoms. The Morgan fingerprint density at radius 3 is 2.42 bits per heavy atom. The number of hydrogen-bond acceptors (Lipinski definition) is 10. The van der Waals surface area contributed by atoms with Gasteiger partial charge < -0.3 is 44.1 Å². The number of allylic oxidation sites excluding steroid dienone is 7. The zero-order chi connectivity index (χ0) is 40.7. The molecule has 0 aromatic rings. The molecule has 6 rings (SSSR count). The summed E-state index contributed by atoms with van der Waals surface area (Å²) in [5.74, 6) is -1.21. The lowest BCUT2D eigenvalue weighted by molar-refractivity contribution is -0.175. The van der Waals surface area contributed by atoms with Gasteiger partial charge in [0.25, 0.3) is 0 Å². The van der Waals surface area contributed by atoms with Crippen LogP contribution in [0, 0.1) is 11.8 Å². The first kappa shape index (κ1) is 44.7. The third-order valence-corrected chi connectivity index (χ3v) is 11.4. The second-order valence-electron chi connectivity index (χ2n) is 16.2. The summed E-state index contributed by atoms with van der Waals surface area (Å²) in [5, 5.41) is 41.6. The number of unbranched alkanes of at least 4 members (excludes halogenated alkanes) is 1. The second-order valence-corrected chi connectivity index (χ2v) is 16.2.